The number of hydrogen-bond acceptors (Lipinski definition) is 14. The van der Waals surface area contributed by atoms with Gasteiger partial charge in [0.2, 0.25) is 5.91 Å². The van der Waals surface area contributed by atoms with Crippen LogP contribution in [0.4, 0.5) is 0 Å². The summed E-state index contributed by atoms with van der Waals surface area (Å²) in [6, 6.07) is 0. The SMILES string of the molecule is C=C1NC(=O)C(I)=CN1[C@@H]1O[C@H](COP(=O)(O)O)[C@@H](O)[C@H]1O.CC1=CC([C@@H]2O[C@H](COP(=O)(O)O)[C@@H](O)[C@H]2O)C(=O)NC1=O. The van der Waals surface area contributed by atoms with Gasteiger partial charge in [-0.3, -0.25) is 28.7 Å². The molecule has 0 spiro atoms. The fourth-order valence-corrected chi connectivity index (χ4v) is 5.47. The standard InChI is InChI=1S/C11H16NO9P.C10H14IN2O8P/c1-4-2-5(11(16)12-10(4)15)9-8(14)7(13)6(21-9)3-20-22(17,18)19;1-4-12-9(16)5(11)2-13(4)10-8(15)7(14)6(21-10)3-20-22(17,18)19/h2,5-9,13-14H,3H2,1H3,(H,12,15,16)(H2,17,18,19);2,6-8,10,14-15H,1,3H2,(H,12,16)(H2,17,18,19)/t5?,6-,7-,8-,9+;6-,7-,8-,10-/m11/s1. The lowest BCUT2D eigenvalue weighted by molar-refractivity contribution is -0.136. The zero-order valence-electron chi connectivity index (χ0n) is 22.4. The Kier molecular flexibility index (Phi) is 12.0. The monoisotopic (exact) mass is 785 g/mol. The largest absolute Gasteiger partial charge is 0.469 e. The number of hydrogen-bond donors (Lipinski definition) is 10. The van der Waals surface area contributed by atoms with E-state index in [4.69, 9.17) is 29.0 Å². The van der Waals surface area contributed by atoms with Gasteiger partial charge in [0.15, 0.2) is 6.23 Å². The molecule has 0 aromatic carbocycles. The molecule has 0 aromatic heterocycles. The Hall–Kier alpha value is -1.66. The van der Waals surface area contributed by atoms with Crippen molar-refractivity contribution >= 4 is 56.0 Å². The van der Waals surface area contributed by atoms with Gasteiger partial charge in [-0.15, -0.1) is 0 Å². The molecule has 3 amide bonds. The number of halogens is 1. The summed E-state index contributed by atoms with van der Waals surface area (Å²) in [6.45, 7) is 3.82. The first-order valence-electron chi connectivity index (χ1n) is 12.3. The second-order valence-electron chi connectivity index (χ2n) is 9.72. The van der Waals surface area contributed by atoms with Crippen molar-refractivity contribution in [1.82, 2.24) is 15.5 Å². The highest BCUT2D eigenvalue weighted by molar-refractivity contribution is 14.1. The van der Waals surface area contributed by atoms with Crippen molar-refractivity contribution in [1.29, 1.82) is 0 Å². The summed E-state index contributed by atoms with van der Waals surface area (Å²) < 4.78 is 40.8. The van der Waals surface area contributed by atoms with Crippen LogP contribution in [0.2, 0.25) is 0 Å². The molecule has 2 fully saturated rings. The first-order valence-corrected chi connectivity index (χ1v) is 16.5. The van der Waals surface area contributed by atoms with Crippen molar-refractivity contribution in [3.63, 3.8) is 0 Å². The number of aliphatic hydroxyl groups is 4. The predicted molar refractivity (Wildman–Crippen MR) is 149 cm³/mol. The number of rotatable bonds is 8. The van der Waals surface area contributed by atoms with Gasteiger partial charge in [0.1, 0.15) is 48.5 Å². The minimum absolute atomic E-state index is 0.137. The summed E-state index contributed by atoms with van der Waals surface area (Å²) in [5, 5.41) is 44.2. The predicted octanol–water partition coefficient (Wildman–Crippen LogP) is -3.47. The van der Waals surface area contributed by atoms with E-state index >= 15 is 0 Å². The van der Waals surface area contributed by atoms with E-state index in [9.17, 15) is 43.9 Å². The molecule has 0 saturated carbocycles. The molecule has 2 saturated heterocycles. The topological polar surface area (TPSA) is 311 Å². The molecule has 248 valence electrons. The lowest BCUT2D eigenvalue weighted by Crippen LogP contribution is -2.47. The van der Waals surface area contributed by atoms with E-state index < -0.39 is 95.5 Å². The summed E-state index contributed by atoms with van der Waals surface area (Å²) in [7, 11) is -9.48. The molecule has 1 unspecified atom stereocenters. The molecule has 10 N–H and O–H groups in total. The van der Waals surface area contributed by atoms with Crippen LogP contribution in [0.25, 0.3) is 0 Å². The Labute approximate surface area is 261 Å². The molecule has 4 rings (SSSR count). The van der Waals surface area contributed by atoms with Crippen molar-refractivity contribution in [3.8, 4) is 0 Å². The third-order valence-corrected chi connectivity index (χ3v) is 8.28. The summed E-state index contributed by atoms with van der Waals surface area (Å²) >= 11 is 1.78. The summed E-state index contributed by atoms with van der Waals surface area (Å²) in [4.78, 5) is 70.5. The molecule has 0 aromatic rings. The molecule has 4 aliphatic rings. The van der Waals surface area contributed by atoms with Crippen molar-refractivity contribution in [3.05, 3.63) is 33.8 Å². The second kappa shape index (κ2) is 14.4. The Morgan fingerprint density at radius 2 is 1.41 bits per heavy atom. The molecule has 4 aliphatic heterocycles. The number of nitrogens with one attached hydrogen (secondary N) is 2. The first-order chi connectivity index (χ1) is 20.2. The van der Waals surface area contributed by atoms with Gasteiger partial charge in [-0.25, -0.2) is 9.13 Å². The molecule has 44 heavy (non-hydrogen) atoms. The van der Waals surface area contributed by atoms with Crippen LogP contribution in [-0.4, -0.2) is 125 Å². The average molecular weight is 785 g/mol. The van der Waals surface area contributed by atoms with E-state index in [-0.39, 0.29) is 17.3 Å². The number of aliphatic hydroxyl groups excluding tert-OH is 4. The highest BCUT2D eigenvalue weighted by atomic mass is 127. The Balaban J connectivity index is 0.000000240. The fraction of sp³-hybridized carbons (Fsp3) is 0.571. The van der Waals surface area contributed by atoms with E-state index in [2.05, 4.69) is 26.3 Å². The third-order valence-electron chi connectivity index (χ3n) is 6.54. The van der Waals surface area contributed by atoms with Crippen molar-refractivity contribution in [2.75, 3.05) is 13.2 Å². The van der Waals surface area contributed by atoms with Gasteiger partial charge < -0.3 is 59.7 Å². The lowest BCUT2D eigenvalue weighted by Gasteiger charge is -2.33. The number of nitrogens with zero attached hydrogens (tertiary/aromatic N) is 1. The van der Waals surface area contributed by atoms with Gasteiger partial charge in [-0.1, -0.05) is 12.7 Å². The van der Waals surface area contributed by atoms with Crippen LogP contribution in [0.5, 0.6) is 0 Å². The minimum atomic E-state index is -4.76. The summed E-state index contributed by atoms with van der Waals surface area (Å²) in [5.74, 6) is -2.49. The normalized spacial score (nSPS) is 34.6. The summed E-state index contributed by atoms with van der Waals surface area (Å²) in [6.07, 6.45) is -7.69. The van der Waals surface area contributed by atoms with Gasteiger partial charge in [0, 0.05) is 11.8 Å². The van der Waals surface area contributed by atoms with Crippen LogP contribution in [0.1, 0.15) is 6.92 Å². The molecule has 23 heteroatoms. The lowest BCUT2D eigenvalue weighted by atomic mass is 9.91. The molecule has 4 heterocycles. The van der Waals surface area contributed by atoms with Crippen molar-refractivity contribution in [2.24, 2.45) is 5.92 Å². The number of amides is 3. The van der Waals surface area contributed by atoms with Gasteiger partial charge in [-0.2, -0.15) is 0 Å². The zero-order valence-corrected chi connectivity index (χ0v) is 26.4. The van der Waals surface area contributed by atoms with Crippen LogP contribution >= 0.6 is 38.2 Å². The highest BCUT2D eigenvalue weighted by Gasteiger charge is 2.50. The van der Waals surface area contributed by atoms with Crippen molar-refractivity contribution in [2.45, 2.75) is 55.9 Å². The number of ether oxygens (including phenoxy) is 2. The number of carbonyl (C=O) groups is 3. The number of phosphoric acid groups is 2. The molecule has 0 aliphatic carbocycles. The number of imide groups is 1. The van der Waals surface area contributed by atoms with Crippen LogP contribution < -0.4 is 10.6 Å². The van der Waals surface area contributed by atoms with E-state index in [0.29, 0.717) is 3.58 Å². The molecule has 0 radical (unpaired) electrons. The number of carbonyl (C=O) groups excluding carboxylic acids is 3. The smallest absolute Gasteiger partial charge is 0.388 e. The summed E-state index contributed by atoms with van der Waals surface area (Å²) in [5.41, 5.74) is 0.254. The molecular weight excluding hydrogens is 755 g/mol. The minimum Gasteiger partial charge on any atom is -0.388 e. The second-order valence-corrected chi connectivity index (χ2v) is 13.4. The Morgan fingerprint density at radius 1 is 0.886 bits per heavy atom. The highest BCUT2D eigenvalue weighted by Crippen LogP contribution is 2.39. The Bertz CT molecular complexity index is 1220. The Morgan fingerprint density at radius 3 is 1.95 bits per heavy atom. The van der Waals surface area contributed by atoms with Crippen LogP contribution in [0, 0.1) is 5.92 Å². The van der Waals surface area contributed by atoms with E-state index in [0.717, 1.165) is 0 Å². The van der Waals surface area contributed by atoms with Gasteiger partial charge in [0.25, 0.3) is 11.8 Å². The van der Waals surface area contributed by atoms with E-state index in [1.807, 2.05) is 0 Å². The van der Waals surface area contributed by atoms with Gasteiger partial charge >= 0.3 is 15.6 Å². The molecule has 9 atom stereocenters. The zero-order chi connectivity index (χ0) is 33.3. The third kappa shape index (κ3) is 9.21. The van der Waals surface area contributed by atoms with E-state index in [1.54, 1.807) is 22.6 Å². The van der Waals surface area contributed by atoms with Gasteiger partial charge in [-0.05, 0) is 29.5 Å². The molecule has 0 bridgehead atoms. The maximum absolute atomic E-state index is 11.8. The van der Waals surface area contributed by atoms with Crippen LogP contribution in [0.3, 0.4) is 0 Å². The maximum atomic E-state index is 11.8. The fourth-order valence-electron chi connectivity index (χ4n) is 4.35. The maximum Gasteiger partial charge on any atom is 0.469 e. The quantitative estimate of drug-likeness (QED) is 0.0649. The van der Waals surface area contributed by atoms with Crippen molar-refractivity contribution < 1.29 is 82.0 Å². The van der Waals surface area contributed by atoms with E-state index in [1.165, 1.54) is 24.1 Å². The first kappa shape index (κ1) is 36.8. The van der Waals surface area contributed by atoms with Gasteiger partial charge in [0.05, 0.1) is 22.7 Å². The van der Waals surface area contributed by atoms with Crippen LogP contribution in [0.15, 0.2) is 33.8 Å². The average Bonchev–Trinajstić information content (AvgIpc) is 3.35. The number of phosphoric ester groups is 2. The molecular formula is C21H30IN3O17P2. The molecule has 20 nitrogen and oxygen atoms in total. The van der Waals surface area contributed by atoms with Crippen LogP contribution in [-0.2, 0) is 42.0 Å².